The Balaban J connectivity index is 1.17. The van der Waals surface area contributed by atoms with Crippen LogP contribution in [0.1, 0.15) is 62.6 Å². The number of aryl methyl sites for hydroxylation is 2. The third-order valence-corrected chi connectivity index (χ3v) is 9.03. The summed E-state index contributed by atoms with van der Waals surface area (Å²) in [4.78, 5) is 24.1. The maximum atomic E-state index is 13.0. The molecule has 1 N–H and O–H groups in total. The number of nitrogens with zero attached hydrogens (tertiary/aromatic N) is 5. The highest BCUT2D eigenvalue weighted by atomic mass is 32.2. The van der Waals surface area contributed by atoms with Gasteiger partial charge in [-0.2, -0.15) is 4.99 Å². The Labute approximate surface area is 277 Å². The van der Waals surface area contributed by atoms with Crippen LogP contribution >= 0.6 is 11.8 Å². The molecule has 5 rings (SSSR count). The van der Waals surface area contributed by atoms with Crippen molar-refractivity contribution in [3.05, 3.63) is 89.7 Å². The number of rotatable bonds is 10. The summed E-state index contributed by atoms with van der Waals surface area (Å²) in [5.41, 5.74) is 6.08. The number of ether oxygens (including phenoxy) is 1. The topological polar surface area (TPSA) is 84.6 Å². The second-order valence-electron chi connectivity index (χ2n) is 11.7. The summed E-state index contributed by atoms with van der Waals surface area (Å²) < 4.78 is 42.7. The van der Waals surface area contributed by atoms with Gasteiger partial charge in [-0.1, -0.05) is 68.4 Å². The highest BCUT2D eigenvalue weighted by Crippen LogP contribution is 2.33. The van der Waals surface area contributed by atoms with Crippen LogP contribution in [0.2, 0.25) is 0 Å². The molecule has 0 spiro atoms. The van der Waals surface area contributed by atoms with Gasteiger partial charge in [0.05, 0.1) is 5.69 Å². The summed E-state index contributed by atoms with van der Waals surface area (Å²) in [6.45, 7) is 9.06. The van der Waals surface area contributed by atoms with E-state index in [9.17, 15) is 18.0 Å². The van der Waals surface area contributed by atoms with Gasteiger partial charge in [0, 0.05) is 29.6 Å². The van der Waals surface area contributed by atoms with Crippen molar-refractivity contribution in [2.75, 3.05) is 17.2 Å². The predicted molar refractivity (Wildman–Crippen MR) is 182 cm³/mol. The zero-order valence-electron chi connectivity index (χ0n) is 26.9. The number of aliphatic imine (C=N–C) groups is 1. The molecule has 2 atom stereocenters. The van der Waals surface area contributed by atoms with Gasteiger partial charge in [-0.25, -0.2) is 14.5 Å². The van der Waals surface area contributed by atoms with Crippen LogP contribution in [0.15, 0.2) is 78.0 Å². The number of nitrogens with one attached hydrogen (secondary N) is 1. The number of hydrogen-bond acceptors (Lipinski definition) is 5. The molecule has 4 aromatic rings. The largest absolute Gasteiger partial charge is 0.573 e. The average Bonchev–Trinajstić information content (AvgIpc) is 3.52. The van der Waals surface area contributed by atoms with Gasteiger partial charge in [0.15, 0.2) is 11.0 Å². The Hall–Kier alpha value is -4.32. The molecule has 2 unspecified atom stereocenters. The molecule has 3 aromatic carbocycles. The number of alkyl halides is 3. The molecular formula is C35H39F3N6O2S. The van der Waals surface area contributed by atoms with Crippen molar-refractivity contribution in [1.29, 1.82) is 0 Å². The monoisotopic (exact) mass is 664 g/mol. The molecule has 12 heteroatoms. The first kappa shape index (κ1) is 34.0. The lowest BCUT2D eigenvalue weighted by molar-refractivity contribution is -0.274. The van der Waals surface area contributed by atoms with Gasteiger partial charge in [-0.3, -0.25) is 0 Å². The van der Waals surface area contributed by atoms with Gasteiger partial charge < -0.3 is 15.0 Å². The third-order valence-electron chi connectivity index (χ3n) is 8.05. The number of amides is 2. The highest BCUT2D eigenvalue weighted by molar-refractivity contribution is 8.14. The quantitative estimate of drug-likeness (QED) is 0.183. The van der Waals surface area contributed by atoms with E-state index in [1.165, 1.54) is 46.4 Å². The van der Waals surface area contributed by atoms with E-state index in [0.717, 1.165) is 53.4 Å². The molecule has 2 heterocycles. The SMILES string of the molecule is CCCc1ccc(C)cc1N1C(=NC(=O)NCCC(C)c2ccc(-c3ncn(-c4ccc(OC(F)(F)F)cc4)n3)cc2)SCCC1C. The van der Waals surface area contributed by atoms with E-state index in [1.807, 2.05) is 24.3 Å². The van der Waals surface area contributed by atoms with Gasteiger partial charge in [-0.15, -0.1) is 18.3 Å². The number of benzene rings is 3. The summed E-state index contributed by atoms with van der Waals surface area (Å²) in [7, 11) is 0. The number of anilines is 1. The van der Waals surface area contributed by atoms with Crippen LogP contribution < -0.4 is 15.0 Å². The maximum absolute atomic E-state index is 13.0. The van der Waals surface area contributed by atoms with Crippen LogP contribution in [0, 0.1) is 6.92 Å². The number of urea groups is 1. The van der Waals surface area contributed by atoms with Crippen LogP contribution in [0.25, 0.3) is 17.1 Å². The lowest BCUT2D eigenvalue weighted by atomic mass is 9.96. The molecular weight excluding hydrogens is 625 g/mol. The molecule has 1 saturated heterocycles. The van der Waals surface area contributed by atoms with Crippen LogP contribution in [0.5, 0.6) is 5.75 Å². The van der Waals surface area contributed by atoms with Crippen LogP contribution in [-0.4, -0.2) is 50.7 Å². The summed E-state index contributed by atoms with van der Waals surface area (Å²) in [6, 6.07) is 19.8. The molecule has 0 radical (unpaired) electrons. The minimum Gasteiger partial charge on any atom is -0.406 e. The van der Waals surface area contributed by atoms with Gasteiger partial charge in [-0.05, 0) is 86.1 Å². The third kappa shape index (κ3) is 8.94. The number of aromatic nitrogens is 3. The molecule has 2 amide bonds. The molecule has 1 aliphatic rings. The average molecular weight is 665 g/mol. The lowest BCUT2D eigenvalue weighted by Crippen LogP contribution is -2.42. The minimum absolute atomic E-state index is 0.185. The number of carbonyl (C=O) groups is 1. The van der Waals surface area contributed by atoms with Crippen LogP contribution in [0.4, 0.5) is 23.7 Å². The smallest absolute Gasteiger partial charge is 0.406 e. The highest BCUT2D eigenvalue weighted by Gasteiger charge is 2.31. The Bertz CT molecular complexity index is 1690. The Morgan fingerprint density at radius 3 is 2.57 bits per heavy atom. The lowest BCUT2D eigenvalue weighted by Gasteiger charge is -2.37. The fraction of sp³-hybridized carbons (Fsp3) is 0.371. The van der Waals surface area contributed by atoms with Crippen molar-refractivity contribution >= 4 is 28.6 Å². The molecule has 0 aliphatic carbocycles. The van der Waals surface area contributed by atoms with E-state index in [1.54, 1.807) is 11.8 Å². The van der Waals surface area contributed by atoms with E-state index < -0.39 is 6.36 Å². The number of carbonyl (C=O) groups excluding carboxylic acids is 1. The Morgan fingerprint density at radius 1 is 1.13 bits per heavy atom. The van der Waals surface area contributed by atoms with E-state index in [0.29, 0.717) is 18.1 Å². The minimum atomic E-state index is -4.75. The summed E-state index contributed by atoms with van der Waals surface area (Å²) in [5, 5.41) is 8.20. The fourth-order valence-electron chi connectivity index (χ4n) is 5.48. The maximum Gasteiger partial charge on any atom is 0.573 e. The van der Waals surface area contributed by atoms with E-state index in [4.69, 9.17) is 0 Å². The van der Waals surface area contributed by atoms with Crippen molar-refractivity contribution in [1.82, 2.24) is 20.1 Å². The second kappa shape index (κ2) is 15.1. The molecule has 47 heavy (non-hydrogen) atoms. The normalized spacial score (nSPS) is 16.7. The van der Waals surface area contributed by atoms with E-state index in [-0.39, 0.29) is 23.7 Å². The molecule has 1 aromatic heterocycles. The van der Waals surface area contributed by atoms with E-state index in [2.05, 4.69) is 75.9 Å². The first-order chi connectivity index (χ1) is 22.5. The first-order valence-electron chi connectivity index (χ1n) is 15.8. The molecule has 1 aliphatic heterocycles. The van der Waals surface area contributed by atoms with Gasteiger partial charge in [0.1, 0.15) is 12.1 Å². The zero-order valence-corrected chi connectivity index (χ0v) is 27.7. The number of amidine groups is 1. The van der Waals surface area contributed by atoms with Crippen molar-refractivity contribution in [3.8, 4) is 22.8 Å². The molecule has 1 fully saturated rings. The van der Waals surface area contributed by atoms with Crippen LogP contribution in [0.3, 0.4) is 0 Å². The summed E-state index contributed by atoms with van der Waals surface area (Å²) in [5.74, 6) is 1.30. The van der Waals surface area contributed by atoms with Crippen molar-refractivity contribution in [2.45, 2.75) is 71.7 Å². The molecule has 0 saturated carbocycles. The Morgan fingerprint density at radius 2 is 1.87 bits per heavy atom. The fourth-order valence-corrected chi connectivity index (χ4v) is 6.69. The van der Waals surface area contributed by atoms with Crippen molar-refractivity contribution < 1.29 is 22.7 Å². The number of thioether (sulfide) groups is 1. The standard InChI is InChI=1S/C35H39F3N6O2S/c1-5-6-27-8-7-23(2)21-31(27)44-25(4)18-20-47-34(44)41-33(45)39-19-17-24(3)26-9-11-28(12-10-26)32-40-22-43(42-32)29-13-15-30(16-14-29)46-35(36,37)38/h7-16,21-22,24-25H,5-6,17-20H2,1-4H3,(H,39,45). The molecule has 0 bridgehead atoms. The Kier molecular flexibility index (Phi) is 10.9. The second-order valence-corrected chi connectivity index (χ2v) is 12.8. The summed E-state index contributed by atoms with van der Waals surface area (Å²) >= 11 is 1.63. The van der Waals surface area contributed by atoms with Crippen LogP contribution in [-0.2, 0) is 6.42 Å². The zero-order chi connectivity index (χ0) is 33.6. The first-order valence-corrected chi connectivity index (χ1v) is 16.8. The van der Waals surface area contributed by atoms with Gasteiger partial charge >= 0.3 is 12.4 Å². The number of hydrogen-bond donors (Lipinski definition) is 1. The van der Waals surface area contributed by atoms with E-state index >= 15 is 0 Å². The van der Waals surface area contributed by atoms with Gasteiger partial charge in [0.25, 0.3) is 0 Å². The number of halogens is 3. The molecule has 8 nitrogen and oxygen atoms in total. The van der Waals surface area contributed by atoms with Gasteiger partial charge in [0.2, 0.25) is 0 Å². The summed E-state index contributed by atoms with van der Waals surface area (Å²) in [6.07, 6.45) is 0.549. The van der Waals surface area contributed by atoms with Crippen molar-refractivity contribution in [2.24, 2.45) is 4.99 Å². The van der Waals surface area contributed by atoms with Crippen molar-refractivity contribution in [3.63, 3.8) is 0 Å². The molecule has 248 valence electrons. The predicted octanol–water partition coefficient (Wildman–Crippen LogP) is 8.69.